The Morgan fingerprint density at radius 2 is 1.88 bits per heavy atom. The molecule has 8 N–H and O–H groups in total. The van der Waals surface area contributed by atoms with Gasteiger partial charge in [0.25, 0.3) is 7.82 Å². The van der Waals surface area contributed by atoms with E-state index >= 15 is 0 Å². The zero-order valence-electron chi connectivity index (χ0n) is 26.8. The number of nitrogens with zero attached hydrogens (tertiary/aromatic N) is 2. The van der Waals surface area contributed by atoms with Crippen LogP contribution in [0.1, 0.15) is 12.6 Å². The number of nitrogens with one attached hydrogen (secondary N) is 2. The zero-order chi connectivity index (χ0) is 37.9. The Labute approximate surface area is 288 Å². The molecule has 0 bridgehead atoms. The molecule has 290 valence electrons. The summed E-state index contributed by atoms with van der Waals surface area (Å²) in [5.74, 6) is -7.01. The SMILES string of the molecule is COCCOCCOC(=O)NCC(=O)N[C@H]1C([C@H](O)[C@H](O)CO)O[C@](OP(=O)([O-])OCC2O[C@@H](n3cccnc3=O)[C@H](O)[C@@H]2O)(C(=O)[O-])C[C@H]1O. The number of carboxylic acids is 1. The summed E-state index contributed by atoms with van der Waals surface area (Å²) in [5, 5.41) is 78.1. The van der Waals surface area contributed by atoms with Crippen molar-refractivity contribution in [2.24, 2.45) is 0 Å². The molecule has 51 heavy (non-hydrogen) atoms. The molecule has 3 heterocycles. The maximum Gasteiger partial charge on any atom is 0.407 e. The van der Waals surface area contributed by atoms with E-state index in [1.807, 2.05) is 0 Å². The molecule has 2 saturated heterocycles. The van der Waals surface area contributed by atoms with Crippen molar-refractivity contribution in [3.05, 3.63) is 28.9 Å². The lowest BCUT2D eigenvalue weighted by atomic mass is 9.88. The number of carboxylic acid groups (broad SMARTS) is 1. The Balaban J connectivity index is 1.68. The average Bonchev–Trinajstić information content (AvgIpc) is 3.37. The van der Waals surface area contributed by atoms with E-state index in [0.717, 1.165) is 10.8 Å². The third kappa shape index (κ3) is 11.4. The van der Waals surface area contributed by atoms with Crippen molar-refractivity contribution in [3.63, 3.8) is 0 Å². The van der Waals surface area contributed by atoms with Crippen LogP contribution in [-0.2, 0) is 46.9 Å². The van der Waals surface area contributed by atoms with Gasteiger partial charge in [0.15, 0.2) is 6.23 Å². The number of hydrogen-bond donors (Lipinski definition) is 8. The van der Waals surface area contributed by atoms with Crippen LogP contribution in [0.3, 0.4) is 0 Å². The molecule has 0 aromatic carbocycles. The van der Waals surface area contributed by atoms with E-state index in [9.17, 15) is 64.4 Å². The summed E-state index contributed by atoms with van der Waals surface area (Å²) < 4.78 is 48.2. The van der Waals surface area contributed by atoms with Gasteiger partial charge < -0.3 is 84.3 Å². The topological polar surface area (TPSA) is 359 Å². The van der Waals surface area contributed by atoms with Crippen molar-refractivity contribution in [3.8, 4) is 0 Å². The number of ether oxygens (including phenoxy) is 5. The predicted octanol–water partition coefficient (Wildman–Crippen LogP) is -7.45. The Morgan fingerprint density at radius 1 is 1.18 bits per heavy atom. The van der Waals surface area contributed by atoms with Gasteiger partial charge >= 0.3 is 11.8 Å². The number of methoxy groups -OCH3 is 1. The number of carbonyl (C=O) groups is 3. The molecule has 3 rings (SSSR count). The minimum atomic E-state index is -5.90. The Morgan fingerprint density at radius 3 is 2.53 bits per heavy atom. The van der Waals surface area contributed by atoms with Crippen LogP contribution in [0.4, 0.5) is 4.79 Å². The number of hydrogen-bond acceptors (Lipinski definition) is 21. The summed E-state index contributed by atoms with van der Waals surface area (Å²) in [6.07, 6.45) is -15.7. The summed E-state index contributed by atoms with van der Waals surface area (Å²) in [7, 11) is -4.44. The van der Waals surface area contributed by atoms with Crippen molar-refractivity contribution in [2.45, 2.75) is 67.2 Å². The Kier molecular flexibility index (Phi) is 15.8. The van der Waals surface area contributed by atoms with E-state index in [1.165, 1.54) is 19.4 Å². The number of aliphatic carboxylic acids is 1. The third-order valence-corrected chi connectivity index (χ3v) is 8.41. The van der Waals surface area contributed by atoms with E-state index in [-0.39, 0.29) is 19.8 Å². The van der Waals surface area contributed by atoms with Crippen LogP contribution < -0.4 is 26.3 Å². The first kappa shape index (κ1) is 42.2. The van der Waals surface area contributed by atoms with Gasteiger partial charge in [-0.25, -0.2) is 14.6 Å². The highest BCUT2D eigenvalue weighted by atomic mass is 31.2. The summed E-state index contributed by atoms with van der Waals surface area (Å²) >= 11 is 0. The van der Waals surface area contributed by atoms with Gasteiger partial charge in [-0.1, -0.05) is 0 Å². The lowest BCUT2D eigenvalue weighted by Gasteiger charge is -2.50. The van der Waals surface area contributed by atoms with E-state index in [0.29, 0.717) is 6.61 Å². The minimum absolute atomic E-state index is 0.0134. The van der Waals surface area contributed by atoms with Crippen LogP contribution in [0.25, 0.3) is 0 Å². The smallest absolute Gasteiger partial charge is 0.407 e. The molecule has 0 saturated carbocycles. The summed E-state index contributed by atoms with van der Waals surface area (Å²) in [6, 6.07) is -0.525. The van der Waals surface area contributed by atoms with Gasteiger partial charge in [0.2, 0.25) is 11.7 Å². The molecule has 3 unspecified atom stereocenters. The van der Waals surface area contributed by atoms with E-state index in [1.54, 1.807) is 0 Å². The van der Waals surface area contributed by atoms with Gasteiger partial charge in [0.1, 0.15) is 55.7 Å². The molecule has 24 nitrogen and oxygen atoms in total. The van der Waals surface area contributed by atoms with E-state index in [4.69, 9.17) is 23.7 Å². The highest BCUT2D eigenvalue weighted by molar-refractivity contribution is 7.45. The lowest BCUT2D eigenvalue weighted by Crippen LogP contribution is -2.70. The molecule has 1 aromatic heterocycles. The van der Waals surface area contributed by atoms with Crippen LogP contribution >= 0.6 is 7.82 Å². The molecule has 25 heteroatoms. The van der Waals surface area contributed by atoms with E-state index < -0.39 is 118 Å². The van der Waals surface area contributed by atoms with Gasteiger partial charge in [0.05, 0.1) is 45.2 Å². The number of rotatable bonds is 19. The molecule has 2 fully saturated rings. The van der Waals surface area contributed by atoms with Crippen LogP contribution in [0.15, 0.2) is 23.3 Å². The number of phosphoric ester groups is 1. The van der Waals surface area contributed by atoms with Gasteiger partial charge in [-0.05, 0) is 6.07 Å². The highest BCUT2D eigenvalue weighted by Gasteiger charge is 2.54. The summed E-state index contributed by atoms with van der Waals surface area (Å²) in [5.41, 5.74) is -0.885. The Bertz CT molecular complexity index is 1420. The molecule has 2 aliphatic rings. The number of carbonyl (C=O) groups excluding carboxylic acids is 3. The van der Waals surface area contributed by atoms with Crippen molar-refractivity contribution < 1.29 is 92.3 Å². The first-order valence-corrected chi connectivity index (χ1v) is 16.5. The normalized spacial score (nSPS) is 30.2. The fraction of sp³-hybridized carbons (Fsp3) is 0.731. The number of phosphoric acid groups is 1. The fourth-order valence-electron chi connectivity index (χ4n) is 4.89. The second-order valence-corrected chi connectivity index (χ2v) is 12.3. The van der Waals surface area contributed by atoms with Crippen LogP contribution in [0.5, 0.6) is 0 Å². The van der Waals surface area contributed by atoms with Crippen LogP contribution in [-0.4, -0.2) is 166 Å². The van der Waals surface area contributed by atoms with Crippen LogP contribution in [0, 0.1) is 0 Å². The molecular weight excluding hydrogens is 719 g/mol. The first-order valence-electron chi connectivity index (χ1n) is 15.1. The minimum Gasteiger partial charge on any atom is -0.756 e. The molecular formula is C26H39N4O20P-2. The van der Waals surface area contributed by atoms with Gasteiger partial charge in [-0.15, -0.1) is 0 Å². The number of amides is 2. The second kappa shape index (κ2) is 19.0. The van der Waals surface area contributed by atoms with E-state index in [2.05, 4.69) is 24.7 Å². The van der Waals surface area contributed by atoms with Gasteiger partial charge in [-0.3, -0.25) is 18.5 Å². The quantitative estimate of drug-likeness (QED) is 0.0480. The average molecular weight is 759 g/mol. The van der Waals surface area contributed by atoms with Crippen molar-refractivity contribution in [1.29, 1.82) is 0 Å². The number of aliphatic hydroxyl groups excluding tert-OH is 6. The summed E-state index contributed by atoms with van der Waals surface area (Å²) in [6.45, 7) is -2.73. The standard InChI is InChI=1S/C26H41N4O20P/c1-44-5-6-45-7-8-46-25(41)28-10-16(34)29-17-13(32)9-26(23(38)39,49-21(17)18(35)14(33)11-31)50-51(42,43)47-12-15-19(36)20(37)22(48-15)30-4-2-3-27-24(30)40/h2-4,13-15,17-22,31-33,35-37H,5-12H2,1H3,(H,28,41)(H,29,34)(H,38,39)(H,42,43)/p-2/t13-,14-,15?,17-,18-,19-,20-,21?,22-,26-/m1/s1. The molecule has 2 aliphatic heterocycles. The van der Waals surface area contributed by atoms with Crippen LogP contribution in [0.2, 0.25) is 0 Å². The highest BCUT2D eigenvalue weighted by Crippen LogP contribution is 2.48. The number of alkyl carbamates (subject to hydrolysis) is 1. The van der Waals surface area contributed by atoms with Crippen molar-refractivity contribution in [1.82, 2.24) is 20.2 Å². The third-order valence-electron chi connectivity index (χ3n) is 7.42. The lowest BCUT2D eigenvalue weighted by molar-refractivity contribution is -0.377. The first-order chi connectivity index (χ1) is 24.1. The van der Waals surface area contributed by atoms with Crippen molar-refractivity contribution in [2.75, 3.05) is 53.3 Å². The Hall–Kier alpha value is -3.20. The predicted molar refractivity (Wildman–Crippen MR) is 155 cm³/mol. The maximum absolute atomic E-state index is 12.9. The largest absolute Gasteiger partial charge is 0.756 e. The molecule has 0 spiro atoms. The molecule has 2 amide bonds. The second-order valence-electron chi connectivity index (χ2n) is 11.0. The van der Waals surface area contributed by atoms with Crippen molar-refractivity contribution >= 4 is 25.8 Å². The molecule has 0 aliphatic carbocycles. The fourth-order valence-corrected chi connectivity index (χ4v) is 5.82. The molecule has 0 radical (unpaired) electrons. The summed E-state index contributed by atoms with van der Waals surface area (Å²) in [4.78, 5) is 65.1. The maximum atomic E-state index is 12.9. The number of aromatic nitrogens is 2. The van der Waals surface area contributed by atoms with Gasteiger partial charge in [-0.2, -0.15) is 0 Å². The van der Waals surface area contributed by atoms with Gasteiger partial charge in [0, 0.05) is 25.9 Å². The number of aliphatic hydroxyl groups is 6. The molecule has 11 atom stereocenters. The molecule has 1 aromatic rings. The monoisotopic (exact) mass is 758 g/mol. The zero-order valence-corrected chi connectivity index (χ0v) is 27.7.